The quantitative estimate of drug-likeness (QED) is 0.486. The van der Waals surface area contributed by atoms with Crippen LogP contribution in [0.4, 0.5) is 5.69 Å². The Balaban J connectivity index is 2.53. The number of amides is 2. The van der Waals surface area contributed by atoms with Gasteiger partial charge < -0.3 is 16.8 Å². The van der Waals surface area contributed by atoms with E-state index in [1.807, 2.05) is 6.07 Å². The molecule has 0 spiro atoms. The molecular formula is C11H13N3O2. The Morgan fingerprint density at radius 3 is 2.75 bits per heavy atom. The first kappa shape index (κ1) is 11.8. The first-order chi connectivity index (χ1) is 7.58. The maximum atomic E-state index is 11.2. The summed E-state index contributed by atoms with van der Waals surface area (Å²) in [5, 5.41) is 2.34. The second-order valence-corrected chi connectivity index (χ2v) is 3.19. The molecule has 0 unspecified atom stereocenters. The van der Waals surface area contributed by atoms with Gasteiger partial charge in [-0.1, -0.05) is 12.1 Å². The van der Waals surface area contributed by atoms with Crippen molar-refractivity contribution in [3.8, 4) is 0 Å². The third kappa shape index (κ3) is 4.28. The van der Waals surface area contributed by atoms with Crippen molar-refractivity contribution in [2.45, 2.75) is 0 Å². The lowest BCUT2D eigenvalue weighted by molar-refractivity contribution is -0.122. The van der Waals surface area contributed by atoms with Crippen molar-refractivity contribution in [1.82, 2.24) is 5.32 Å². The van der Waals surface area contributed by atoms with Crippen LogP contribution >= 0.6 is 0 Å². The van der Waals surface area contributed by atoms with Crippen LogP contribution in [0, 0.1) is 0 Å². The van der Waals surface area contributed by atoms with Gasteiger partial charge in [0.05, 0.1) is 6.54 Å². The van der Waals surface area contributed by atoms with Crippen LogP contribution in [0.15, 0.2) is 30.3 Å². The highest BCUT2D eigenvalue weighted by Crippen LogP contribution is 2.07. The summed E-state index contributed by atoms with van der Waals surface area (Å²) in [4.78, 5) is 21.6. The zero-order chi connectivity index (χ0) is 12.0. The molecule has 0 aliphatic carbocycles. The predicted octanol–water partition coefficient (Wildman–Crippen LogP) is -0.117. The van der Waals surface area contributed by atoms with Crippen molar-refractivity contribution < 1.29 is 9.59 Å². The third-order valence-electron chi connectivity index (χ3n) is 1.77. The Hall–Kier alpha value is -2.30. The molecule has 0 aliphatic heterocycles. The minimum atomic E-state index is -0.578. The molecule has 5 heteroatoms. The number of carbonyl (C=O) groups is 2. The van der Waals surface area contributed by atoms with E-state index in [9.17, 15) is 9.59 Å². The number of hydrogen-bond acceptors (Lipinski definition) is 3. The van der Waals surface area contributed by atoms with E-state index in [2.05, 4.69) is 5.32 Å². The molecule has 0 saturated heterocycles. The number of rotatable bonds is 4. The lowest BCUT2D eigenvalue weighted by Gasteiger charge is -1.98. The highest BCUT2D eigenvalue weighted by Gasteiger charge is 1.97. The molecule has 0 bridgehead atoms. The van der Waals surface area contributed by atoms with E-state index in [1.165, 1.54) is 6.08 Å². The molecule has 16 heavy (non-hydrogen) atoms. The molecule has 5 N–H and O–H groups in total. The molecule has 1 rings (SSSR count). The molecule has 0 radical (unpaired) electrons. The third-order valence-corrected chi connectivity index (χ3v) is 1.77. The van der Waals surface area contributed by atoms with Crippen molar-refractivity contribution in [3.05, 3.63) is 35.9 Å². The summed E-state index contributed by atoms with van der Waals surface area (Å²) in [6.07, 6.45) is 2.92. The van der Waals surface area contributed by atoms with Gasteiger partial charge in [0.25, 0.3) is 0 Å². The molecule has 0 heterocycles. The summed E-state index contributed by atoms with van der Waals surface area (Å²) >= 11 is 0. The van der Waals surface area contributed by atoms with Crippen LogP contribution in [0.2, 0.25) is 0 Å². The molecule has 0 fully saturated rings. The van der Waals surface area contributed by atoms with Gasteiger partial charge in [-0.25, -0.2) is 0 Å². The second-order valence-electron chi connectivity index (χ2n) is 3.19. The van der Waals surface area contributed by atoms with Crippen LogP contribution in [0.3, 0.4) is 0 Å². The van der Waals surface area contributed by atoms with E-state index in [-0.39, 0.29) is 12.5 Å². The maximum absolute atomic E-state index is 11.2. The topological polar surface area (TPSA) is 98.2 Å². The van der Waals surface area contributed by atoms with Gasteiger partial charge >= 0.3 is 0 Å². The predicted molar refractivity (Wildman–Crippen MR) is 62.1 cm³/mol. The monoisotopic (exact) mass is 219 g/mol. The Labute approximate surface area is 93.1 Å². The number of nitrogen functional groups attached to an aromatic ring is 1. The van der Waals surface area contributed by atoms with Crippen molar-refractivity contribution in [1.29, 1.82) is 0 Å². The highest BCUT2D eigenvalue weighted by molar-refractivity contribution is 5.94. The van der Waals surface area contributed by atoms with Crippen LogP contribution < -0.4 is 16.8 Å². The van der Waals surface area contributed by atoms with Gasteiger partial charge in [0.2, 0.25) is 11.8 Å². The van der Waals surface area contributed by atoms with Crippen molar-refractivity contribution in [2.75, 3.05) is 12.3 Å². The number of nitrogens with two attached hydrogens (primary N) is 2. The number of carbonyl (C=O) groups excluding carboxylic acids is 2. The first-order valence-electron chi connectivity index (χ1n) is 4.67. The van der Waals surface area contributed by atoms with Crippen LogP contribution in [0.5, 0.6) is 0 Å². The van der Waals surface area contributed by atoms with Crippen LogP contribution in [-0.2, 0) is 9.59 Å². The van der Waals surface area contributed by atoms with Crippen LogP contribution in [-0.4, -0.2) is 18.4 Å². The van der Waals surface area contributed by atoms with E-state index in [4.69, 9.17) is 11.5 Å². The molecule has 5 nitrogen and oxygen atoms in total. The van der Waals surface area contributed by atoms with Gasteiger partial charge in [-0.15, -0.1) is 0 Å². The number of anilines is 1. The van der Waals surface area contributed by atoms with E-state index in [1.54, 1.807) is 24.3 Å². The zero-order valence-corrected chi connectivity index (χ0v) is 8.64. The molecule has 1 aromatic rings. The molecule has 0 aliphatic rings. The fourth-order valence-corrected chi connectivity index (χ4v) is 1.07. The number of nitrogens with one attached hydrogen (secondary N) is 1. The standard InChI is InChI=1S/C11H13N3O2/c12-9-3-1-2-8(6-9)4-5-11(16)14-7-10(13)15/h1-6H,7,12H2,(H2,13,15)(H,14,16)/b5-4+. The summed E-state index contributed by atoms with van der Waals surface area (Å²) in [5.74, 6) is -0.952. The smallest absolute Gasteiger partial charge is 0.244 e. The Morgan fingerprint density at radius 2 is 2.12 bits per heavy atom. The summed E-state index contributed by atoms with van der Waals surface area (Å²) < 4.78 is 0. The molecule has 84 valence electrons. The summed E-state index contributed by atoms with van der Waals surface area (Å²) in [6.45, 7) is -0.167. The van der Waals surface area contributed by atoms with Crippen molar-refractivity contribution in [2.24, 2.45) is 5.73 Å². The molecule has 1 aromatic carbocycles. The molecular weight excluding hydrogens is 206 g/mol. The number of primary amides is 1. The second kappa shape index (κ2) is 5.55. The van der Waals surface area contributed by atoms with Gasteiger partial charge in [0.15, 0.2) is 0 Å². The molecule has 2 amide bonds. The van der Waals surface area contributed by atoms with Gasteiger partial charge in [-0.05, 0) is 23.8 Å². The fraction of sp³-hybridized carbons (Fsp3) is 0.0909. The average Bonchev–Trinajstić information content (AvgIpc) is 2.23. The first-order valence-corrected chi connectivity index (χ1v) is 4.67. The number of hydrogen-bond donors (Lipinski definition) is 3. The van der Waals surface area contributed by atoms with Gasteiger partial charge in [-0.2, -0.15) is 0 Å². The lowest BCUT2D eigenvalue weighted by atomic mass is 10.2. The van der Waals surface area contributed by atoms with Crippen LogP contribution in [0.25, 0.3) is 6.08 Å². The van der Waals surface area contributed by atoms with E-state index >= 15 is 0 Å². The van der Waals surface area contributed by atoms with Crippen LogP contribution in [0.1, 0.15) is 5.56 Å². The summed E-state index contributed by atoms with van der Waals surface area (Å²) in [6, 6.07) is 7.09. The largest absolute Gasteiger partial charge is 0.399 e. The zero-order valence-electron chi connectivity index (χ0n) is 8.64. The minimum Gasteiger partial charge on any atom is -0.399 e. The molecule has 0 aromatic heterocycles. The summed E-state index contributed by atoms with van der Waals surface area (Å²) in [7, 11) is 0. The maximum Gasteiger partial charge on any atom is 0.244 e. The van der Waals surface area contributed by atoms with E-state index in [0.717, 1.165) is 5.56 Å². The Bertz CT molecular complexity index is 427. The minimum absolute atomic E-state index is 0.167. The van der Waals surface area contributed by atoms with E-state index < -0.39 is 5.91 Å². The fourth-order valence-electron chi connectivity index (χ4n) is 1.07. The average molecular weight is 219 g/mol. The van der Waals surface area contributed by atoms with Gasteiger partial charge in [0, 0.05) is 11.8 Å². The molecule has 0 atom stereocenters. The van der Waals surface area contributed by atoms with Crippen molar-refractivity contribution in [3.63, 3.8) is 0 Å². The Morgan fingerprint density at radius 1 is 1.38 bits per heavy atom. The normalized spacial score (nSPS) is 10.2. The van der Waals surface area contributed by atoms with Gasteiger partial charge in [0.1, 0.15) is 0 Å². The Kier molecular flexibility index (Phi) is 4.08. The molecule has 0 saturated carbocycles. The van der Waals surface area contributed by atoms with Gasteiger partial charge in [-0.3, -0.25) is 9.59 Å². The number of benzene rings is 1. The van der Waals surface area contributed by atoms with Crippen molar-refractivity contribution >= 4 is 23.6 Å². The summed E-state index contributed by atoms with van der Waals surface area (Å²) in [5.41, 5.74) is 11.9. The lowest BCUT2D eigenvalue weighted by Crippen LogP contribution is -2.32. The van der Waals surface area contributed by atoms with E-state index in [0.29, 0.717) is 5.69 Å². The highest BCUT2D eigenvalue weighted by atomic mass is 16.2. The SMILES string of the molecule is NC(=O)CNC(=O)/C=C/c1cccc(N)c1.